The minimum absolute atomic E-state index is 0.497. The highest BCUT2D eigenvalue weighted by Crippen LogP contribution is 2.05. The topological polar surface area (TPSA) is 24.1 Å². The van der Waals surface area contributed by atoms with Crippen LogP contribution in [0.5, 0.6) is 0 Å². The summed E-state index contributed by atoms with van der Waals surface area (Å²) in [4.78, 5) is 0. The Morgan fingerprint density at radius 2 is 1.47 bits per heavy atom. The lowest BCUT2D eigenvalue weighted by atomic mass is 10.1. The zero-order chi connectivity index (χ0) is 14.3. The van der Waals surface area contributed by atoms with E-state index in [1.54, 1.807) is 0 Å². The normalized spacial score (nSPS) is 12.2. The first kappa shape index (κ1) is 18.7. The summed E-state index contributed by atoms with van der Waals surface area (Å²) in [5.41, 5.74) is 0. The summed E-state index contributed by atoms with van der Waals surface area (Å²) >= 11 is 5.31. The van der Waals surface area contributed by atoms with Crippen molar-refractivity contribution in [1.29, 1.82) is 0 Å². The van der Waals surface area contributed by atoms with Crippen molar-refractivity contribution >= 4 is 17.3 Å². The maximum absolute atomic E-state index is 5.31. The molecule has 0 amide bonds. The smallest absolute Gasteiger partial charge is 0.166 e. The summed E-state index contributed by atoms with van der Waals surface area (Å²) in [5.74, 6) is 0. The van der Waals surface area contributed by atoms with Crippen LogP contribution in [0.25, 0.3) is 0 Å². The number of hydrogen-bond donors (Lipinski definition) is 2. The van der Waals surface area contributed by atoms with Gasteiger partial charge in [0.05, 0.1) is 0 Å². The van der Waals surface area contributed by atoms with Crippen LogP contribution in [-0.2, 0) is 0 Å². The third kappa shape index (κ3) is 13.9. The van der Waals surface area contributed by atoms with E-state index in [1.807, 2.05) is 0 Å². The highest BCUT2D eigenvalue weighted by Gasteiger charge is 2.03. The fourth-order valence-corrected chi connectivity index (χ4v) is 2.46. The van der Waals surface area contributed by atoms with E-state index in [0.717, 1.165) is 11.7 Å². The lowest BCUT2D eigenvalue weighted by molar-refractivity contribution is 0.538. The van der Waals surface area contributed by atoms with Crippen molar-refractivity contribution in [1.82, 2.24) is 10.6 Å². The molecule has 0 spiro atoms. The van der Waals surface area contributed by atoms with Gasteiger partial charge in [-0.25, -0.2) is 0 Å². The Kier molecular flexibility index (Phi) is 13.9. The Morgan fingerprint density at radius 1 is 0.895 bits per heavy atom. The summed E-state index contributed by atoms with van der Waals surface area (Å²) < 4.78 is 0. The maximum atomic E-state index is 5.31. The van der Waals surface area contributed by atoms with Crippen molar-refractivity contribution < 1.29 is 0 Å². The SMILES string of the molecule is CCCCCCCNC(=S)NC(C)CCCCCC. The van der Waals surface area contributed by atoms with Gasteiger partial charge >= 0.3 is 0 Å². The molecule has 1 atom stereocenters. The van der Waals surface area contributed by atoms with Gasteiger partial charge < -0.3 is 10.6 Å². The summed E-state index contributed by atoms with van der Waals surface area (Å²) in [5, 5.41) is 7.52. The Bertz CT molecular complexity index is 207. The fraction of sp³-hybridized carbons (Fsp3) is 0.938. The predicted octanol–water partition coefficient (Wildman–Crippen LogP) is 4.78. The van der Waals surface area contributed by atoms with Crippen molar-refractivity contribution in [3.63, 3.8) is 0 Å². The van der Waals surface area contributed by atoms with Gasteiger partial charge in [0.25, 0.3) is 0 Å². The van der Waals surface area contributed by atoms with E-state index in [2.05, 4.69) is 31.4 Å². The van der Waals surface area contributed by atoms with Crippen molar-refractivity contribution in [2.75, 3.05) is 6.54 Å². The molecule has 2 N–H and O–H groups in total. The molecule has 0 bridgehead atoms. The van der Waals surface area contributed by atoms with Crippen LogP contribution >= 0.6 is 12.2 Å². The van der Waals surface area contributed by atoms with Crippen LogP contribution in [0, 0.1) is 0 Å². The summed E-state index contributed by atoms with van der Waals surface area (Å²) in [7, 11) is 0. The summed E-state index contributed by atoms with van der Waals surface area (Å²) in [6.45, 7) is 7.74. The van der Waals surface area contributed by atoms with Crippen molar-refractivity contribution in [3.05, 3.63) is 0 Å². The zero-order valence-corrected chi connectivity index (χ0v) is 14.1. The Labute approximate surface area is 126 Å². The number of hydrogen-bond acceptors (Lipinski definition) is 1. The molecule has 3 heteroatoms. The molecule has 0 heterocycles. The highest BCUT2D eigenvalue weighted by atomic mass is 32.1. The van der Waals surface area contributed by atoms with Crippen LogP contribution in [0.1, 0.15) is 85.0 Å². The lowest BCUT2D eigenvalue weighted by Gasteiger charge is -2.16. The average Bonchev–Trinajstić information content (AvgIpc) is 2.39. The van der Waals surface area contributed by atoms with Crippen LogP contribution in [0.2, 0.25) is 0 Å². The van der Waals surface area contributed by atoms with E-state index < -0.39 is 0 Å². The van der Waals surface area contributed by atoms with Crippen LogP contribution in [0.3, 0.4) is 0 Å². The molecule has 0 fully saturated rings. The molecule has 0 radical (unpaired) electrons. The van der Waals surface area contributed by atoms with Gasteiger partial charge in [0.1, 0.15) is 0 Å². The van der Waals surface area contributed by atoms with Crippen LogP contribution in [-0.4, -0.2) is 17.7 Å². The van der Waals surface area contributed by atoms with E-state index in [4.69, 9.17) is 12.2 Å². The van der Waals surface area contributed by atoms with E-state index in [9.17, 15) is 0 Å². The summed E-state index contributed by atoms with van der Waals surface area (Å²) in [6, 6.07) is 0.497. The number of rotatable bonds is 12. The van der Waals surface area contributed by atoms with Crippen molar-refractivity contribution in [3.8, 4) is 0 Å². The van der Waals surface area contributed by atoms with Crippen LogP contribution < -0.4 is 10.6 Å². The number of thiocarbonyl (C=S) groups is 1. The minimum atomic E-state index is 0.497. The lowest BCUT2D eigenvalue weighted by Crippen LogP contribution is -2.40. The first-order valence-electron chi connectivity index (χ1n) is 8.25. The van der Waals surface area contributed by atoms with Gasteiger partial charge in [0.2, 0.25) is 0 Å². The predicted molar refractivity (Wildman–Crippen MR) is 90.7 cm³/mol. The minimum Gasteiger partial charge on any atom is -0.363 e. The monoisotopic (exact) mass is 286 g/mol. The van der Waals surface area contributed by atoms with Gasteiger partial charge in [-0.3, -0.25) is 0 Å². The molecular formula is C16H34N2S. The maximum Gasteiger partial charge on any atom is 0.166 e. The van der Waals surface area contributed by atoms with Gasteiger partial charge in [0, 0.05) is 12.6 Å². The van der Waals surface area contributed by atoms with Crippen LogP contribution in [0.4, 0.5) is 0 Å². The van der Waals surface area contributed by atoms with E-state index in [0.29, 0.717) is 6.04 Å². The molecule has 0 saturated carbocycles. The van der Waals surface area contributed by atoms with Gasteiger partial charge in [-0.05, 0) is 32.0 Å². The van der Waals surface area contributed by atoms with E-state index >= 15 is 0 Å². The van der Waals surface area contributed by atoms with Gasteiger partial charge in [-0.15, -0.1) is 0 Å². The van der Waals surface area contributed by atoms with E-state index in [1.165, 1.54) is 64.2 Å². The third-order valence-electron chi connectivity index (χ3n) is 3.43. The van der Waals surface area contributed by atoms with Gasteiger partial charge in [-0.1, -0.05) is 65.2 Å². The molecule has 0 aromatic heterocycles. The van der Waals surface area contributed by atoms with Crippen molar-refractivity contribution in [2.45, 2.75) is 91.0 Å². The molecule has 0 aromatic rings. The number of unbranched alkanes of at least 4 members (excludes halogenated alkanes) is 7. The standard InChI is InChI=1S/C16H34N2S/c1-4-6-8-10-12-14-17-16(19)18-15(3)13-11-9-7-5-2/h15H,4-14H2,1-3H3,(H2,17,18,19). The first-order chi connectivity index (χ1) is 9.20. The molecule has 0 aliphatic rings. The molecule has 0 aromatic carbocycles. The second-order valence-corrected chi connectivity index (χ2v) is 5.97. The number of nitrogens with one attached hydrogen (secondary N) is 2. The zero-order valence-electron chi connectivity index (χ0n) is 13.3. The molecule has 0 aliphatic heterocycles. The Morgan fingerprint density at radius 3 is 2.11 bits per heavy atom. The highest BCUT2D eigenvalue weighted by molar-refractivity contribution is 7.80. The van der Waals surface area contributed by atoms with Crippen molar-refractivity contribution in [2.24, 2.45) is 0 Å². The molecule has 0 rings (SSSR count). The molecule has 114 valence electrons. The molecule has 2 nitrogen and oxygen atoms in total. The molecule has 19 heavy (non-hydrogen) atoms. The summed E-state index contributed by atoms with van der Waals surface area (Å²) in [6.07, 6.45) is 13.1. The Balaban J connectivity index is 3.36. The molecule has 0 aliphatic carbocycles. The fourth-order valence-electron chi connectivity index (χ4n) is 2.15. The quantitative estimate of drug-likeness (QED) is 0.399. The van der Waals surface area contributed by atoms with Gasteiger partial charge in [0.15, 0.2) is 5.11 Å². The molecular weight excluding hydrogens is 252 g/mol. The van der Waals surface area contributed by atoms with Gasteiger partial charge in [-0.2, -0.15) is 0 Å². The average molecular weight is 287 g/mol. The molecule has 1 unspecified atom stereocenters. The second kappa shape index (κ2) is 14.1. The Hall–Kier alpha value is -0.310. The first-order valence-corrected chi connectivity index (χ1v) is 8.65. The third-order valence-corrected chi connectivity index (χ3v) is 3.70. The molecule has 0 saturated heterocycles. The second-order valence-electron chi connectivity index (χ2n) is 5.56. The van der Waals surface area contributed by atoms with Crippen LogP contribution in [0.15, 0.2) is 0 Å². The van der Waals surface area contributed by atoms with E-state index in [-0.39, 0.29) is 0 Å². The largest absolute Gasteiger partial charge is 0.363 e.